The molecule has 1 unspecified atom stereocenters. The van der Waals surface area contributed by atoms with E-state index in [1.807, 2.05) is 0 Å². The van der Waals surface area contributed by atoms with E-state index in [2.05, 4.69) is 27.7 Å². The van der Waals surface area contributed by atoms with Gasteiger partial charge >= 0.3 is 0 Å². The zero-order valence-corrected chi connectivity index (χ0v) is 8.35. The molecule has 68 valence electrons. The van der Waals surface area contributed by atoms with Crippen LogP contribution in [0, 0.1) is 5.41 Å². The molecule has 0 spiro atoms. The van der Waals surface area contributed by atoms with Gasteiger partial charge in [0.15, 0.2) is 0 Å². The summed E-state index contributed by atoms with van der Waals surface area (Å²) in [5, 5.41) is 0. The molecule has 2 atom stereocenters. The van der Waals surface area contributed by atoms with E-state index in [9.17, 15) is 0 Å². The summed E-state index contributed by atoms with van der Waals surface area (Å²) in [7, 11) is 1.73. The number of hydrogen-bond acceptors (Lipinski definition) is 2. The van der Waals surface area contributed by atoms with Crippen molar-refractivity contribution in [3.8, 4) is 0 Å². The molecule has 0 aromatic heterocycles. The van der Waals surface area contributed by atoms with Gasteiger partial charge in [0.25, 0.3) is 0 Å². The summed E-state index contributed by atoms with van der Waals surface area (Å²) < 4.78 is 5.34. The second-order valence-corrected chi connectivity index (χ2v) is 4.09. The maximum Gasteiger partial charge on any atom is 0.0770 e. The molecule has 0 heterocycles. The molecule has 0 amide bonds. The maximum atomic E-state index is 5.89. The summed E-state index contributed by atoms with van der Waals surface area (Å²) in [6.07, 6.45) is 1.13. The van der Waals surface area contributed by atoms with Crippen molar-refractivity contribution in [1.29, 1.82) is 0 Å². The summed E-state index contributed by atoms with van der Waals surface area (Å²) in [5.74, 6) is 0. The summed E-state index contributed by atoms with van der Waals surface area (Å²) >= 11 is 0. The first-order valence-corrected chi connectivity index (χ1v) is 4.21. The van der Waals surface area contributed by atoms with E-state index < -0.39 is 0 Å². The van der Waals surface area contributed by atoms with Crippen LogP contribution in [0.15, 0.2) is 0 Å². The van der Waals surface area contributed by atoms with Crippen LogP contribution < -0.4 is 5.73 Å². The highest BCUT2D eigenvalue weighted by Gasteiger charge is 2.28. The van der Waals surface area contributed by atoms with Crippen molar-refractivity contribution in [2.45, 2.75) is 46.3 Å². The Balaban J connectivity index is 4.16. The van der Waals surface area contributed by atoms with E-state index in [1.165, 1.54) is 0 Å². The van der Waals surface area contributed by atoms with Gasteiger partial charge in [0.2, 0.25) is 0 Å². The molecule has 0 aliphatic heterocycles. The normalized spacial score (nSPS) is 18.0. The highest BCUT2D eigenvalue weighted by Crippen LogP contribution is 2.24. The molecular formula is C9H21NO. The van der Waals surface area contributed by atoms with Gasteiger partial charge in [0, 0.05) is 13.2 Å². The van der Waals surface area contributed by atoms with Crippen molar-refractivity contribution in [2.75, 3.05) is 7.11 Å². The second kappa shape index (κ2) is 4.07. The molecule has 0 bridgehead atoms. The lowest BCUT2D eigenvalue weighted by atomic mass is 9.84. The van der Waals surface area contributed by atoms with Crippen LogP contribution in [0.2, 0.25) is 0 Å². The Labute approximate surface area is 70.1 Å². The van der Waals surface area contributed by atoms with Gasteiger partial charge in [-0.3, -0.25) is 0 Å². The fourth-order valence-corrected chi connectivity index (χ4v) is 1.38. The average Bonchev–Trinajstić information content (AvgIpc) is 1.86. The summed E-state index contributed by atoms with van der Waals surface area (Å²) in [6, 6.07) is 0.153. The van der Waals surface area contributed by atoms with Gasteiger partial charge in [0.05, 0.1) is 6.10 Å². The van der Waals surface area contributed by atoms with Gasteiger partial charge in [-0.05, 0) is 11.8 Å². The number of ether oxygens (including phenoxy) is 1. The van der Waals surface area contributed by atoms with Crippen molar-refractivity contribution >= 4 is 0 Å². The number of nitrogens with two attached hydrogens (primary N) is 1. The average molecular weight is 159 g/mol. The summed E-state index contributed by atoms with van der Waals surface area (Å²) in [5.41, 5.74) is 6.03. The molecule has 0 aromatic carbocycles. The van der Waals surface area contributed by atoms with Gasteiger partial charge in [0.1, 0.15) is 0 Å². The third kappa shape index (κ3) is 3.21. The maximum absolute atomic E-state index is 5.89. The minimum absolute atomic E-state index is 0.143. The van der Waals surface area contributed by atoms with Crippen LogP contribution in [-0.4, -0.2) is 19.3 Å². The lowest BCUT2D eigenvalue weighted by Crippen LogP contribution is -2.44. The first kappa shape index (κ1) is 10.9. The molecule has 0 radical (unpaired) electrons. The summed E-state index contributed by atoms with van der Waals surface area (Å²) in [4.78, 5) is 0. The lowest BCUT2D eigenvalue weighted by molar-refractivity contribution is -0.00252. The molecule has 2 N–H and O–H groups in total. The van der Waals surface area contributed by atoms with Crippen LogP contribution in [0.25, 0.3) is 0 Å². The number of rotatable bonds is 3. The quantitative estimate of drug-likeness (QED) is 0.681. The van der Waals surface area contributed by atoms with Crippen molar-refractivity contribution < 1.29 is 4.74 Å². The Bertz CT molecular complexity index is 107. The molecule has 0 saturated heterocycles. The number of hydrogen-bond donors (Lipinski definition) is 1. The first-order valence-electron chi connectivity index (χ1n) is 4.21. The third-order valence-corrected chi connectivity index (χ3v) is 1.97. The molecule has 0 saturated carbocycles. The van der Waals surface area contributed by atoms with Crippen molar-refractivity contribution in [3.05, 3.63) is 0 Å². The smallest absolute Gasteiger partial charge is 0.0770 e. The highest BCUT2D eigenvalue weighted by molar-refractivity contribution is 4.82. The molecule has 0 rings (SSSR count). The van der Waals surface area contributed by atoms with E-state index in [1.54, 1.807) is 7.11 Å². The SMILES string of the molecule is CC[C@@H](N)C(OC)C(C)(C)C. The molecule has 2 heteroatoms. The Morgan fingerprint density at radius 3 is 1.91 bits per heavy atom. The van der Waals surface area contributed by atoms with Gasteiger partial charge < -0.3 is 10.5 Å². The molecule has 2 nitrogen and oxygen atoms in total. The number of methoxy groups -OCH3 is 1. The van der Waals surface area contributed by atoms with Crippen LogP contribution in [0.3, 0.4) is 0 Å². The Morgan fingerprint density at radius 1 is 1.36 bits per heavy atom. The van der Waals surface area contributed by atoms with Gasteiger partial charge in [-0.2, -0.15) is 0 Å². The third-order valence-electron chi connectivity index (χ3n) is 1.97. The molecule has 0 aliphatic rings. The zero-order valence-electron chi connectivity index (χ0n) is 8.35. The van der Waals surface area contributed by atoms with Crippen molar-refractivity contribution in [2.24, 2.45) is 11.1 Å². The van der Waals surface area contributed by atoms with Crippen molar-refractivity contribution in [1.82, 2.24) is 0 Å². The first-order chi connectivity index (χ1) is 4.93. The minimum atomic E-state index is 0.143. The summed E-state index contributed by atoms with van der Waals surface area (Å²) in [6.45, 7) is 8.53. The van der Waals surface area contributed by atoms with Crippen LogP contribution in [0.5, 0.6) is 0 Å². The van der Waals surface area contributed by atoms with E-state index in [0.29, 0.717) is 0 Å². The molecule has 0 aliphatic carbocycles. The van der Waals surface area contributed by atoms with Crippen LogP contribution >= 0.6 is 0 Å². The van der Waals surface area contributed by atoms with E-state index in [4.69, 9.17) is 10.5 Å². The van der Waals surface area contributed by atoms with Gasteiger partial charge in [-0.15, -0.1) is 0 Å². The zero-order chi connectivity index (χ0) is 9.07. The Morgan fingerprint density at radius 2 is 1.82 bits per heavy atom. The van der Waals surface area contributed by atoms with E-state index in [0.717, 1.165) is 6.42 Å². The molecular weight excluding hydrogens is 138 g/mol. The molecule has 0 aromatic rings. The second-order valence-electron chi connectivity index (χ2n) is 4.09. The fourth-order valence-electron chi connectivity index (χ4n) is 1.38. The minimum Gasteiger partial charge on any atom is -0.379 e. The fraction of sp³-hybridized carbons (Fsp3) is 1.00. The van der Waals surface area contributed by atoms with E-state index >= 15 is 0 Å². The van der Waals surface area contributed by atoms with E-state index in [-0.39, 0.29) is 17.6 Å². The van der Waals surface area contributed by atoms with Gasteiger partial charge in [-0.1, -0.05) is 27.7 Å². The topological polar surface area (TPSA) is 35.2 Å². The highest BCUT2D eigenvalue weighted by atomic mass is 16.5. The Hall–Kier alpha value is -0.0800. The lowest BCUT2D eigenvalue weighted by Gasteiger charge is -2.33. The van der Waals surface area contributed by atoms with Crippen LogP contribution in [0.4, 0.5) is 0 Å². The largest absolute Gasteiger partial charge is 0.379 e. The monoisotopic (exact) mass is 159 g/mol. The van der Waals surface area contributed by atoms with Gasteiger partial charge in [-0.25, -0.2) is 0 Å². The predicted octanol–water partition coefficient (Wildman–Crippen LogP) is 1.78. The Kier molecular flexibility index (Phi) is 4.04. The predicted molar refractivity (Wildman–Crippen MR) is 48.5 cm³/mol. The van der Waals surface area contributed by atoms with Crippen molar-refractivity contribution in [3.63, 3.8) is 0 Å². The van der Waals surface area contributed by atoms with Crippen LogP contribution in [-0.2, 0) is 4.74 Å². The molecule has 11 heavy (non-hydrogen) atoms. The van der Waals surface area contributed by atoms with Crippen LogP contribution in [0.1, 0.15) is 34.1 Å². The standard InChI is InChI=1S/C9H21NO/c1-6-7(10)8(11-5)9(2,3)4/h7-8H,6,10H2,1-5H3/t7-,8?/m1/s1. The molecule has 0 fully saturated rings.